The van der Waals surface area contributed by atoms with E-state index in [-0.39, 0.29) is 5.41 Å². The lowest BCUT2D eigenvalue weighted by Crippen LogP contribution is -2.34. The summed E-state index contributed by atoms with van der Waals surface area (Å²) in [5.41, 5.74) is 7.69. The van der Waals surface area contributed by atoms with Crippen molar-refractivity contribution in [3.05, 3.63) is 23.3 Å². The summed E-state index contributed by atoms with van der Waals surface area (Å²) in [7, 11) is 3.24. The highest BCUT2D eigenvalue weighted by molar-refractivity contribution is 5.76. The van der Waals surface area contributed by atoms with Crippen molar-refractivity contribution in [3.63, 3.8) is 0 Å². The summed E-state index contributed by atoms with van der Waals surface area (Å²) in [6.45, 7) is 8.39. The van der Waals surface area contributed by atoms with Crippen LogP contribution in [0.2, 0.25) is 0 Å². The van der Waals surface area contributed by atoms with Crippen molar-refractivity contribution in [1.29, 1.82) is 0 Å². The number of benzene rings is 1. The number of ether oxygens (including phenoxy) is 3. The van der Waals surface area contributed by atoms with Crippen LogP contribution < -0.4 is 15.2 Å². The molecular weight excluding hydrogens is 282 g/mol. The van der Waals surface area contributed by atoms with Crippen molar-refractivity contribution in [1.82, 2.24) is 0 Å². The van der Waals surface area contributed by atoms with Crippen LogP contribution >= 0.6 is 0 Å². The third-order valence-corrected chi connectivity index (χ3v) is 3.44. The van der Waals surface area contributed by atoms with Gasteiger partial charge in [-0.3, -0.25) is 4.79 Å². The molecule has 0 saturated carbocycles. The first-order valence-corrected chi connectivity index (χ1v) is 7.42. The van der Waals surface area contributed by atoms with Crippen LogP contribution in [0.4, 0.5) is 0 Å². The Balaban J connectivity index is 3.17. The van der Waals surface area contributed by atoms with E-state index >= 15 is 0 Å². The topological polar surface area (TPSA) is 70.8 Å². The van der Waals surface area contributed by atoms with Gasteiger partial charge in [0, 0.05) is 12.0 Å². The van der Waals surface area contributed by atoms with Gasteiger partial charge in [-0.05, 0) is 30.0 Å². The van der Waals surface area contributed by atoms with Crippen molar-refractivity contribution in [2.24, 2.45) is 5.73 Å². The van der Waals surface area contributed by atoms with Crippen LogP contribution in [0, 0.1) is 0 Å². The van der Waals surface area contributed by atoms with Gasteiger partial charge < -0.3 is 19.9 Å². The summed E-state index contributed by atoms with van der Waals surface area (Å²) in [5.74, 6) is 1.05. The van der Waals surface area contributed by atoms with Crippen LogP contribution in [-0.4, -0.2) is 32.8 Å². The molecule has 0 saturated heterocycles. The first kappa shape index (κ1) is 18.3. The number of nitrogens with two attached hydrogens (primary N) is 1. The predicted molar refractivity (Wildman–Crippen MR) is 86.6 cm³/mol. The van der Waals surface area contributed by atoms with Crippen LogP contribution in [0.1, 0.15) is 38.8 Å². The van der Waals surface area contributed by atoms with Gasteiger partial charge in [-0.1, -0.05) is 20.8 Å². The number of carbonyl (C=O) groups is 1. The molecule has 0 radical (unpaired) electrons. The molecule has 5 nitrogen and oxygen atoms in total. The number of hydrogen-bond acceptors (Lipinski definition) is 5. The first-order valence-electron chi connectivity index (χ1n) is 7.42. The molecule has 0 spiro atoms. The summed E-state index contributed by atoms with van der Waals surface area (Å²) in [6, 6.07) is 3.11. The van der Waals surface area contributed by atoms with Crippen molar-refractivity contribution >= 4 is 5.97 Å². The SMILES string of the molecule is CCOC(=O)C(N)Cc1cc(OC)c(C(C)(C)C)cc1OC. The lowest BCUT2D eigenvalue weighted by molar-refractivity contribution is -0.144. The molecule has 1 rings (SSSR count). The third kappa shape index (κ3) is 4.37. The molecule has 0 aliphatic carbocycles. The molecule has 2 N–H and O–H groups in total. The highest BCUT2D eigenvalue weighted by atomic mass is 16.5. The molecule has 0 aromatic heterocycles. The lowest BCUT2D eigenvalue weighted by atomic mass is 9.85. The minimum atomic E-state index is -0.723. The summed E-state index contributed by atoms with van der Waals surface area (Å²) in [4.78, 5) is 11.7. The minimum Gasteiger partial charge on any atom is -0.496 e. The number of methoxy groups -OCH3 is 2. The molecule has 0 heterocycles. The van der Waals surface area contributed by atoms with Crippen LogP contribution in [-0.2, 0) is 21.4 Å². The summed E-state index contributed by atoms with van der Waals surface area (Å²) >= 11 is 0. The van der Waals surface area contributed by atoms with Gasteiger partial charge in [-0.15, -0.1) is 0 Å². The first-order chi connectivity index (χ1) is 10.2. The molecule has 1 aromatic carbocycles. The van der Waals surface area contributed by atoms with Gasteiger partial charge in [0.15, 0.2) is 0 Å². The standard InChI is InChI=1S/C17H27NO4/c1-7-22-16(19)13(18)8-11-9-15(21-6)12(17(2,3)4)10-14(11)20-5/h9-10,13H,7-8,18H2,1-6H3. The lowest BCUT2D eigenvalue weighted by Gasteiger charge is -2.24. The van der Waals surface area contributed by atoms with Gasteiger partial charge in [0.1, 0.15) is 17.5 Å². The molecule has 1 aromatic rings. The smallest absolute Gasteiger partial charge is 0.323 e. The summed E-state index contributed by atoms with van der Waals surface area (Å²) in [6.07, 6.45) is 0.336. The molecule has 1 atom stereocenters. The van der Waals surface area contributed by atoms with E-state index in [1.807, 2.05) is 12.1 Å². The van der Waals surface area contributed by atoms with Gasteiger partial charge in [-0.2, -0.15) is 0 Å². The van der Waals surface area contributed by atoms with E-state index < -0.39 is 12.0 Å². The fourth-order valence-electron chi connectivity index (χ4n) is 2.28. The van der Waals surface area contributed by atoms with Gasteiger partial charge in [-0.25, -0.2) is 0 Å². The monoisotopic (exact) mass is 309 g/mol. The summed E-state index contributed by atoms with van der Waals surface area (Å²) < 4.78 is 15.9. The van der Waals surface area contributed by atoms with E-state index in [1.54, 1.807) is 21.1 Å². The van der Waals surface area contributed by atoms with E-state index in [4.69, 9.17) is 19.9 Å². The van der Waals surface area contributed by atoms with Crippen LogP contribution in [0.15, 0.2) is 12.1 Å². The Kier molecular flexibility index (Phi) is 6.23. The second kappa shape index (κ2) is 7.49. The quantitative estimate of drug-likeness (QED) is 0.817. The average molecular weight is 309 g/mol. The Morgan fingerprint density at radius 3 is 2.23 bits per heavy atom. The molecule has 0 amide bonds. The van der Waals surface area contributed by atoms with E-state index in [0.717, 1.165) is 16.9 Å². The van der Waals surface area contributed by atoms with E-state index in [0.29, 0.717) is 18.8 Å². The molecule has 124 valence electrons. The van der Waals surface area contributed by atoms with E-state index in [1.165, 1.54) is 0 Å². The Morgan fingerprint density at radius 2 is 1.77 bits per heavy atom. The molecule has 22 heavy (non-hydrogen) atoms. The second-order valence-electron chi connectivity index (χ2n) is 6.18. The minimum absolute atomic E-state index is 0.0829. The van der Waals surface area contributed by atoms with Crippen molar-refractivity contribution < 1.29 is 19.0 Å². The predicted octanol–water partition coefficient (Wildman–Crippen LogP) is 2.43. The zero-order valence-corrected chi connectivity index (χ0v) is 14.4. The number of carbonyl (C=O) groups excluding carboxylic acids is 1. The zero-order chi connectivity index (χ0) is 16.9. The highest BCUT2D eigenvalue weighted by Crippen LogP contribution is 2.37. The largest absolute Gasteiger partial charge is 0.496 e. The molecule has 5 heteroatoms. The number of hydrogen-bond donors (Lipinski definition) is 1. The molecule has 0 aliphatic heterocycles. The Hall–Kier alpha value is -1.75. The Labute approximate surface area is 132 Å². The van der Waals surface area contributed by atoms with Gasteiger partial charge in [0.05, 0.1) is 20.8 Å². The molecular formula is C17H27NO4. The maximum Gasteiger partial charge on any atom is 0.323 e. The highest BCUT2D eigenvalue weighted by Gasteiger charge is 2.24. The third-order valence-electron chi connectivity index (χ3n) is 3.44. The molecule has 0 aliphatic rings. The fraction of sp³-hybridized carbons (Fsp3) is 0.588. The molecule has 1 unspecified atom stereocenters. The summed E-state index contributed by atoms with van der Waals surface area (Å²) in [5, 5.41) is 0. The Morgan fingerprint density at radius 1 is 1.18 bits per heavy atom. The van der Waals surface area contributed by atoms with Crippen molar-refractivity contribution in [2.75, 3.05) is 20.8 Å². The zero-order valence-electron chi connectivity index (χ0n) is 14.4. The number of rotatable bonds is 6. The second-order valence-corrected chi connectivity index (χ2v) is 6.18. The molecule has 0 bridgehead atoms. The molecule has 0 fully saturated rings. The van der Waals surface area contributed by atoms with E-state index in [9.17, 15) is 4.79 Å². The van der Waals surface area contributed by atoms with E-state index in [2.05, 4.69) is 20.8 Å². The van der Waals surface area contributed by atoms with Crippen LogP contribution in [0.3, 0.4) is 0 Å². The maximum atomic E-state index is 11.7. The van der Waals surface area contributed by atoms with Crippen LogP contribution in [0.25, 0.3) is 0 Å². The van der Waals surface area contributed by atoms with Gasteiger partial charge >= 0.3 is 5.97 Å². The fourth-order valence-corrected chi connectivity index (χ4v) is 2.28. The normalized spacial score (nSPS) is 12.7. The van der Waals surface area contributed by atoms with Gasteiger partial charge in [0.2, 0.25) is 0 Å². The van der Waals surface area contributed by atoms with Crippen molar-refractivity contribution in [2.45, 2.75) is 45.6 Å². The van der Waals surface area contributed by atoms with Crippen LogP contribution in [0.5, 0.6) is 11.5 Å². The van der Waals surface area contributed by atoms with Crippen molar-refractivity contribution in [3.8, 4) is 11.5 Å². The average Bonchev–Trinajstić information content (AvgIpc) is 2.45. The number of esters is 1. The maximum absolute atomic E-state index is 11.7. The van der Waals surface area contributed by atoms with Gasteiger partial charge in [0.25, 0.3) is 0 Å². The Bertz CT molecular complexity index is 520.